The molecule has 0 atom stereocenters. The van der Waals surface area contributed by atoms with Crippen LogP contribution in [0.3, 0.4) is 0 Å². The highest BCUT2D eigenvalue weighted by Gasteiger charge is 2.15. The first kappa shape index (κ1) is 17.2. The Bertz CT molecular complexity index is 465. The molecule has 0 bridgehead atoms. The molecule has 0 spiro atoms. The number of rotatable bonds is 8. The Morgan fingerprint density at radius 2 is 2.00 bits per heavy atom. The highest BCUT2D eigenvalue weighted by molar-refractivity contribution is 9.10. The normalized spacial score (nSPS) is 10.7. The summed E-state index contributed by atoms with van der Waals surface area (Å²) in [4.78, 5) is 2.58. The van der Waals surface area contributed by atoms with E-state index in [0.717, 1.165) is 24.1 Å². The van der Waals surface area contributed by atoms with Crippen molar-refractivity contribution < 1.29 is 9.47 Å². The zero-order chi connectivity index (χ0) is 15.1. The van der Waals surface area contributed by atoms with Crippen molar-refractivity contribution in [1.29, 1.82) is 0 Å². The van der Waals surface area contributed by atoms with Crippen LogP contribution < -0.4 is 15.2 Å². The van der Waals surface area contributed by atoms with Crippen LogP contribution in [-0.2, 0) is 0 Å². The van der Waals surface area contributed by atoms with Gasteiger partial charge in [-0.1, -0.05) is 42.0 Å². The zero-order valence-corrected chi connectivity index (χ0v) is 14.5. The summed E-state index contributed by atoms with van der Waals surface area (Å²) in [5.74, 6) is 1.23. The van der Waals surface area contributed by atoms with E-state index in [1.54, 1.807) is 7.11 Å². The van der Waals surface area contributed by atoms with Gasteiger partial charge in [0.15, 0.2) is 11.5 Å². The first-order valence-electron chi connectivity index (χ1n) is 6.55. The van der Waals surface area contributed by atoms with Crippen LogP contribution in [0.1, 0.15) is 19.4 Å². The van der Waals surface area contributed by atoms with Gasteiger partial charge in [-0.05, 0) is 25.2 Å². The predicted octanol–water partition coefficient (Wildman–Crippen LogP) is 2.81. The fourth-order valence-electron chi connectivity index (χ4n) is 1.87. The van der Waals surface area contributed by atoms with Crippen LogP contribution in [-0.4, -0.2) is 43.2 Å². The molecule has 1 aromatic carbocycles. The molecular formula is C14H21BrN2O2S. The van der Waals surface area contributed by atoms with Crippen molar-refractivity contribution >= 4 is 33.1 Å². The van der Waals surface area contributed by atoms with Crippen molar-refractivity contribution in [2.75, 3.05) is 33.4 Å². The second-order valence-electron chi connectivity index (χ2n) is 4.22. The first-order valence-corrected chi connectivity index (χ1v) is 7.76. The fourth-order valence-corrected chi connectivity index (χ4v) is 2.46. The number of ether oxygens (including phenoxy) is 2. The van der Waals surface area contributed by atoms with Crippen molar-refractivity contribution in [1.82, 2.24) is 4.90 Å². The standard InChI is InChI=1S/C14H21BrN2O2S/c1-4-17(5-2)6-7-19-13-11(14(16)20)8-10(15)9-12(13)18-3/h8-9H,4-7H2,1-3H3,(H2,16,20). The molecule has 1 rings (SSSR count). The quantitative estimate of drug-likeness (QED) is 0.722. The van der Waals surface area contributed by atoms with E-state index < -0.39 is 0 Å². The Balaban J connectivity index is 2.89. The maximum atomic E-state index is 5.85. The van der Waals surface area contributed by atoms with Gasteiger partial charge < -0.3 is 20.1 Å². The van der Waals surface area contributed by atoms with E-state index in [1.165, 1.54) is 0 Å². The lowest BCUT2D eigenvalue weighted by molar-refractivity contribution is 0.217. The molecule has 4 nitrogen and oxygen atoms in total. The Labute approximate surface area is 134 Å². The summed E-state index contributed by atoms with van der Waals surface area (Å²) < 4.78 is 12.1. The third-order valence-corrected chi connectivity index (χ3v) is 3.73. The molecule has 0 unspecified atom stereocenters. The van der Waals surface area contributed by atoms with Gasteiger partial charge in [-0.15, -0.1) is 0 Å². The van der Waals surface area contributed by atoms with E-state index >= 15 is 0 Å². The minimum atomic E-state index is 0.294. The molecule has 1 aromatic rings. The summed E-state index contributed by atoms with van der Waals surface area (Å²) in [5, 5.41) is 0. The highest BCUT2D eigenvalue weighted by atomic mass is 79.9. The van der Waals surface area contributed by atoms with E-state index in [1.807, 2.05) is 12.1 Å². The third kappa shape index (κ3) is 4.61. The monoisotopic (exact) mass is 360 g/mol. The van der Waals surface area contributed by atoms with Gasteiger partial charge >= 0.3 is 0 Å². The zero-order valence-electron chi connectivity index (χ0n) is 12.1. The van der Waals surface area contributed by atoms with Crippen LogP contribution in [0.5, 0.6) is 11.5 Å². The average molecular weight is 361 g/mol. The number of halogens is 1. The van der Waals surface area contributed by atoms with E-state index in [-0.39, 0.29) is 0 Å². The molecule has 0 aliphatic carbocycles. The van der Waals surface area contributed by atoms with Gasteiger partial charge in [0, 0.05) is 11.0 Å². The topological polar surface area (TPSA) is 47.7 Å². The van der Waals surface area contributed by atoms with E-state index in [0.29, 0.717) is 28.7 Å². The second kappa shape index (κ2) is 8.44. The summed E-state index contributed by atoms with van der Waals surface area (Å²) >= 11 is 8.49. The number of thiocarbonyl (C=S) groups is 1. The minimum absolute atomic E-state index is 0.294. The van der Waals surface area contributed by atoms with Gasteiger partial charge in [0.25, 0.3) is 0 Å². The molecule has 0 saturated carbocycles. The van der Waals surface area contributed by atoms with Gasteiger partial charge in [-0.3, -0.25) is 0 Å². The van der Waals surface area contributed by atoms with Crippen LogP contribution in [0.2, 0.25) is 0 Å². The third-order valence-electron chi connectivity index (χ3n) is 3.05. The highest BCUT2D eigenvalue weighted by Crippen LogP contribution is 2.34. The van der Waals surface area contributed by atoms with Crippen molar-refractivity contribution in [2.45, 2.75) is 13.8 Å². The lowest BCUT2D eigenvalue weighted by Crippen LogP contribution is -2.28. The summed E-state index contributed by atoms with van der Waals surface area (Å²) in [6.45, 7) is 7.67. The molecule has 112 valence electrons. The smallest absolute Gasteiger partial charge is 0.171 e. The van der Waals surface area contributed by atoms with Crippen LogP contribution in [0, 0.1) is 0 Å². The Morgan fingerprint density at radius 3 is 2.50 bits per heavy atom. The maximum absolute atomic E-state index is 5.85. The van der Waals surface area contributed by atoms with Gasteiger partial charge in [-0.2, -0.15) is 0 Å². The molecule has 0 amide bonds. The molecule has 0 saturated heterocycles. The summed E-state index contributed by atoms with van der Waals surface area (Å²) in [5.41, 5.74) is 6.44. The Hall–Kier alpha value is -0.850. The number of nitrogens with two attached hydrogens (primary N) is 1. The summed E-state index contributed by atoms with van der Waals surface area (Å²) in [6, 6.07) is 3.69. The molecule has 0 aromatic heterocycles. The molecule has 0 fully saturated rings. The van der Waals surface area contributed by atoms with Gasteiger partial charge in [0.05, 0.1) is 12.7 Å². The van der Waals surface area contributed by atoms with Crippen molar-refractivity contribution in [3.8, 4) is 11.5 Å². The molecule has 0 aliphatic heterocycles. The van der Waals surface area contributed by atoms with Gasteiger partial charge in [0.2, 0.25) is 0 Å². The number of benzene rings is 1. The molecule has 0 aliphatic rings. The lowest BCUT2D eigenvalue weighted by Gasteiger charge is -2.20. The molecule has 6 heteroatoms. The van der Waals surface area contributed by atoms with Gasteiger partial charge in [-0.25, -0.2) is 0 Å². The number of hydrogen-bond acceptors (Lipinski definition) is 4. The molecule has 0 heterocycles. The average Bonchev–Trinajstić information content (AvgIpc) is 2.43. The maximum Gasteiger partial charge on any atom is 0.171 e. The van der Waals surface area contributed by atoms with Crippen LogP contribution in [0.25, 0.3) is 0 Å². The summed E-state index contributed by atoms with van der Waals surface area (Å²) in [6.07, 6.45) is 0. The molecule has 20 heavy (non-hydrogen) atoms. The number of hydrogen-bond donors (Lipinski definition) is 1. The molecular weight excluding hydrogens is 340 g/mol. The number of methoxy groups -OCH3 is 1. The van der Waals surface area contributed by atoms with Crippen LogP contribution >= 0.6 is 28.1 Å². The fraction of sp³-hybridized carbons (Fsp3) is 0.500. The predicted molar refractivity (Wildman–Crippen MR) is 89.9 cm³/mol. The minimum Gasteiger partial charge on any atom is -0.493 e. The molecule has 2 N–H and O–H groups in total. The number of likely N-dealkylation sites (N-methyl/N-ethyl adjacent to an activating group) is 1. The van der Waals surface area contributed by atoms with Gasteiger partial charge in [0.1, 0.15) is 11.6 Å². The van der Waals surface area contributed by atoms with E-state index in [2.05, 4.69) is 34.7 Å². The first-order chi connectivity index (χ1) is 9.53. The van der Waals surface area contributed by atoms with E-state index in [9.17, 15) is 0 Å². The van der Waals surface area contributed by atoms with E-state index in [4.69, 9.17) is 27.4 Å². The van der Waals surface area contributed by atoms with Crippen molar-refractivity contribution in [3.63, 3.8) is 0 Å². The van der Waals surface area contributed by atoms with Crippen LogP contribution in [0.4, 0.5) is 0 Å². The molecule has 0 radical (unpaired) electrons. The van der Waals surface area contributed by atoms with Crippen molar-refractivity contribution in [3.05, 3.63) is 22.2 Å². The SMILES string of the molecule is CCN(CC)CCOc1c(OC)cc(Br)cc1C(N)=S. The summed E-state index contributed by atoms with van der Waals surface area (Å²) in [7, 11) is 1.60. The second-order valence-corrected chi connectivity index (χ2v) is 5.58. The lowest BCUT2D eigenvalue weighted by atomic mass is 10.2. The van der Waals surface area contributed by atoms with Crippen LogP contribution in [0.15, 0.2) is 16.6 Å². The van der Waals surface area contributed by atoms with Crippen molar-refractivity contribution in [2.24, 2.45) is 5.73 Å². The number of nitrogens with zero attached hydrogens (tertiary/aromatic N) is 1. The Kier molecular flexibility index (Phi) is 7.26. The largest absolute Gasteiger partial charge is 0.493 e. The Morgan fingerprint density at radius 1 is 1.35 bits per heavy atom.